The molecule has 0 unspecified atom stereocenters. The van der Waals surface area contributed by atoms with Crippen LogP contribution in [0.1, 0.15) is 29.8 Å². The molecule has 78 valence electrons. The van der Waals surface area contributed by atoms with Crippen LogP contribution in [0, 0.1) is 0 Å². The second-order valence-electron chi connectivity index (χ2n) is 4.09. The maximum atomic E-state index is 10.8. The fourth-order valence-electron chi connectivity index (χ4n) is 1.83. The summed E-state index contributed by atoms with van der Waals surface area (Å²) in [5.74, 6) is -0.977. The van der Waals surface area contributed by atoms with Crippen LogP contribution >= 0.6 is 0 Å². The van der Waals surface area contributed by atoms with Gasteiger partial charge in [0.1, 0.15) is 0 Å². The Morgan fingerprint density at radius 1 is 1.47 bits per heavy atom. The molecule has 2 rings (SSSR count). The number of carboxylic acids is 1. The predicted octanol–water partition coefficient (Wildman–Crippen LogP) is 0.338. The van der Waals surface area contributed by atoms with Crippen LogP contribution in [0.25, 0.3) is 0 Å². The zero-order valence-corrected chi connectivity index (χ0v) is 8.52. The smallest absolute Gasteiger partial charge is 0.478 e. The van der Waals surface area contributed by atoms with E-state index in [-0.39, 0.29) is 5.56 Å². The zero-order chi connectivity index (χ0) is 11.2. The Kier molecular flexibility index (Phi) is 2.10. The third-order valence-corrected chi connectivity index (χ3v) is 2.62. The van der Waals surface area contributed by atoms with E-state index >= 15 is 0 Å². The third-order valence-electron chi connectivity index (χ3n) is 2.62. The van der Waals surface area contributed by atoms with E-state index in [4.69, 9.17) is 9.76 Å². The lowest BCUT2D eigenvalue weighted by atomic mass is 9.78. The van der Waals surface area contributed by atoms with E-state index in [9.17, 15) is 9.82 Å². The van der Waals surface area contributed by atoms with Crippen molar-refractivity contribution in [2.45, 2.75) is 19.4 Å². The van der Waals surface area contributed by atoms with Gasteiger partial charge >= 0.3 is 13.1 Å². The topological polar surface area (TPSA) is 66.8 Å². The first-order valence-corrected chi connectivity index (χ1v) is 4.65. The minimum absolute atomic E-state index is 0.208. The molecular formula is C10H11BO4. The molecule has 0 spiro atoms. The molecule has 1 aromatic carbocycles. The van der Waals surface area contributed by atoms with Crippen molar-refractivity contribution in [2.24, 2.45) is 0 Å². The highest BCUT2D eigenvalue weighted by Gasteiger charge is 2.40. The summed E-state index contributed by atoms with van der Waals surface area (Å²) in [7, 11) is -0.960. The van der Waals surface area contributed by atoms with E-state index in [2.05, 4.69) is 0 Å². The molecule has 0 aliphatic carbocycles. The first kappa shape index (κ1) is 10.2. The summed E-state index contributed by atoms with van der Waals surface area (Å²) in [6.45, 7) is 3.60. The number of aromatic carboxylic acids is 1. The Labute approximate surface area is 87.6 Å². The normalized spacial score (nSPS) is 17.7. The average Bonchev–Trinajstić information content (AvgIpc) is 2.37. The highest BCUT2D eigenvalue weighted by Crippen LogP contribution is 2.30. The van der Waals surface area contributed by atoms with Crippen LogP contribution in [0.2, 0.25) is 0 Å². The van der Waals surface area contributed by atoms with Crippen LogP contribution in [0.3, 0.4) is 0 Å². The molecule has 1 aromatic rings. The van der Waals surface area contributed by atoms with Gasteiger partial charge in [-0.05, 0) is 37.0 Å². The van der Waals surface area contributed by atoms with Gasteiger partial charge in [0.05, 0.1) is 11.2 Å². The number of fused-ring (bicyclic) bond motifs is 1. The summed E-state index contributed by atoms with van der Waals surface area (Å²) in [6, 6.07) is 4.61. The van der Waals surface area contributed by atoms with Crippen LogP contribution < -0.4 is 5.46 Å². The first-order chi connectivity index (χ1) is 6.92. The van der Waals surface area contributed by atoms with E-state index in [1.54, 1.807) is 26.0 Å². The lowest BCUT2D eigenvalue weighted by Gasteiger charge is -2.19. The van der Waals surface area contributed by atoms with E-state index in [0.717, 1.165) is 5.56 Å². The fourth-order valence-corrected chi connectivity index (χ4v) is 1.83. The highest BCUT2D eigenvalue weighted by molar-refractivity contribution is 6.62. The molecule has 15 heavy (non-hydrogen) atoms. The molecule has 1 aliphatic rings. The van der Waals surface area contributed by atoms with Crippen molar-refractivity contribution in [3.05, 3.63) is 29.3 Å². The second-order valence-corrected chi connectivity index (χ2v) is 4.09. The van der Waals surface area contributed by atoms with Crippen LogP contribution in [0.15, 0.2) is 18.2 Å². The predicted molar refractivity (Wildman–Crippen MR) is 55.1 cm³/mol. The first-order valence-electron chi connectivity index (χ1n) is 4.65. The molecular weight excluding hydrogens is 195 g/mol. The van der Waals surface area contributed by atoms with Crippen molar-refractivity contribution >= 4 is 18.6 Å². The minimum atomic E-state index is -0.977. The molecule has 0 fully saturated rings. The largest absolute Gasteiger partial charge is 0.492 e. The Morgan fingerprint density at radius 3 is 2.73 bits per heavy atom. The highest BCUT2D eigenvalue weighted by atomic mass is 16.5. The summed E-state index contributed by atoms with van der Waals surface area (Å²) in [5.41, 5.74) is 0.944. The second kappa shape index (κ2) is 3.08. The summed E-state index contributed by atoms with van der Waals surface area (Å²) in [4.78, 5) is 10.8. The molecule has 1 heterocycles. The minimum Gasteiger partial charge on any atom is -0.478 e. The van der Waals surface area contributed by atoms with Crippen LogP contribution in [-0.4, -0.2) is 23.2 Å². The van der Waals surface area contributed by atoms with Gasteiger partial charge < -0.3 is 14.8 Å². The summed E-state index contributed by atoms with van der Waals surface area (Å²) < 4.78 is 5.32. The molecule has 2 N–H and O–H groups in total. The number of benzene rings is 1. The molecule has 0 atom stereocenters. The van der Waals surface area contributed by atoms with Gasteiger partial charge in [0.2, 0.25) is 0 Å². The number of rotatable bonds is 1. The molecule has 0 bridgehead atoms. The Bertz CT molecular complexity index is 427. The van der Waals surface area contributed by atoms with Crippen molar-refractivity contribution in [3.63, 3.8) is 0 Å². The van der Waals surface area contributed by atoms with E-state index in [1.807, 2.05) is 0 Å². The van der Waals surface area contributed by atoms with E-state index < -0.39 is 18.7 Å². The van der Waals surface area contributed by atoms with Crippen molar-refractivity contribution in [2.75, 3.05) is 0 Å². The Morgan fingerprint density at radius 2 is 2.13 bits per heavy atom. The van der Waals surface area contributed by atoms with Gasteiger partial charge in [-0.25, -0.2) is 4.79 Å². The van der Waals surface area contributed by atoms with Gasteiger partial charge in [-0.2, -0.15) is 0 Å². The standard InChI is InChI=1S/C10H11BO4/c1-10(2)7-5-6(9(12)13)3-4-8(7)11(14)15-10/h3-5,14H,1-2H3,(H,12,13). The summed E-state index contributed by atoms with van der Waals surface area (Å²) >= 11 is 0. The molecule has 0 amide bonds. The van der Waals surface area contributed by atoms with Crippen LogP contribution in [0.4, 0.5) is 0 Å². The Balaban J connectivity index is 2.57. The van der Waals surface area contributed by atoms with E-state index in [0.29, 0.717) is 5.46 Å². The van der Waals surface area contributed by atoms with Gasteiger partial charge in [-0.1, -0.05) is 6.07 Å². The monoisotopic (exact) mass is 206 g/mol. The van der Waals surface area contributed by atoms with Crippen LogP contribution in [0.5, 0.6) is 0 Å². The molecule has 0 aromatic heterocycles. The van der Waals surface area contributed by atoms with Crippen molar-refractivity contribution in [1.82, 2.24) is 0 Å². The lowest BCUT2D eigenvalue weighted by molar-refractivity contribution is 0.0696. The lowest BCUT2D eigenvalue weighted by Crippen LogP contribution is -2.28. The number of hydrogen-bond acceptors (Lipinski definition) is 3. The molecule has 4 nitrogen and oxygen atoms in total. The number of carboxylic acid groups (broad SMARTS) is 1. The molecule has 0 saturated heterocycles. The molecule has 0 saturated carbocycles. The zero-order valence-electron chi connectivity index (χ0n) is 8.52. The quantitative estimate of drug-likeness (QED) is 0.650. The number of carbonyl (C=O) groups is 1. The molecule has 0 radical (unpaired) electrons. The summed E-state index contributed by atoms with van der Waals surface area (Å²) in [5, 5.41) is 18.4. The SMILES string of the molecule is CC1(C)OB(O)c2ccc(C(=O)O)cc21. The van der Waals surface area contributed by atoms with Crippen molar-refractivity contribution in [1.29, 1.82) is 0 Å². The Hall–Kier alpha value is -1.33. The number of hydrogen-bond donors (Lipinski definition) is 2. The third kappa shape index (κ3) is 1.54. The van der Waals surface area contributed by atoms with Gasteiger partial charge in [-0.3, -0.25) is 0 Å². The van der Waals surface area contributed by atoms with Gasteiger partial charge in [0.15, 0.2) is 0 Å². The van der Waals surface area contributed by atoms with Gasteiger partial charge in [0.25, 0.3) is 0 Å². The maximum Gasteiger partial charge on any atom is 0.492 e. The van der Waals surface area contributed by atoms with Crippen molar-refractivity contribution in [3.8, 4) is 0 Å². The van der Waals surface area contributed by atoms with E-state index in [1.165, 1.54) is 6.07 Å². The van der Waals surface area contributed by atoms with Crippen LogP contribution in [-0.2, 0) is 10.3 Å². The average molecular weight is 206 g/mol. The van der Waals surface area contributed by atoms with Gasteiger partial charge in [0, 0.05) is 0 Å². The maximum absolute atomic E-state index is 10.8. The molecule has 5 heteroatoms. The van der Waals surface area contributed by atoms with Gasteiger partial charge in [-0.15, -0.1) is 0 Å². The summed E-state index contributed by atoms with van der Waals surface area (Å²) in [6.07, 6.45) is 0. The fraction of sp³-hybridized carbons (Fsp3) is 0.300. The molecule has 1 aliphatic heterocycles. The van der Waals surface area contributed by atoms with Crippen molar-refractivity contribution < 1.29 is 19.6 Å².